The Morgan fingerprint density at radius 1 is 1.28 bits per heavy atom. The van der Waals surface area contributed by atoms with Gasteiger partial charge in [0.15, 0.2) is 5.96 Å². The van der Waals surface area contributed by atoms with E-state index < -0.39 is 0 Å². The van der Waals surface area contributed by atoms with Crippen LogP contribution in [-0.4, -0.2) is 41.7 Å². The van der Waals surface area contributed by atoms with Crippen LogP contribution in [0.5, 0.6) is 0 Å². The fraction of sp³-hybridized carbons (Fsp3) is 0.400. The summed E-state index contributed by atoms with van der Waals surface area (Å²) >= 11 is 1.96. The summed E-state index contributed by atoms with van der Waals surface area (Å²) in [4.78, 5) is 12.5. The van der Waals surface area contributed by atoms with Crippen LogP contribution in [-0.2, 0) is 6.54 Å². The number of guanidine groups is 1. The number of nitrogens with one attached hydrogen (secondary N) is 1. The fourth-order valence-corrected chi connectivity index (χ4v) is 4.06. The molecule has 1 aliphatic heterocycles. The number of aliphatic imine (C=N–C) groups is 1. The molecule has 0 bridgehead atoms. The van der Waals surface area contributed by atoms with E-state index in [4.69, 9.17) is 0 Å². The topological polar surface area (TPSA) is 40.5 Å². The number of hydrogen-bond donors (Lipinski definition) is 1. The van der Waals surface area contributed by atoms with E-state index >= 15 is 0 Å². The number of pyridine rings is 1. The maximum Gasteiger partial charge on any atom is 0.193 e. The van der Waals surface area contributed by atoms with Crippen LogP contribution in [0.15, 0.2) is 58.5 Å². The zero-order valence-electron chi connectivity index (χ0n) is 15.0. The van der Waals surface area contributed by atoms with Gasteiger partial charge in [0.05, 0.1) is 0 Å². The van der Waals surface area contributed by atoms with Crippen molar-refractivity contribution in [3.05, 3.63) is 59.9 Å². The van der Waals surface area contributed by atoms with Crippen molar-refractivity contribution in [1.29, 1.82) is 0 Å². The third-order valence-electron chi connectivity index (χ3n) is 4.45. The van der Waals surface area contributed by atoms with Gasteiger partial charge >= 0.3 is 0 Å². The third kappa shape index (κ3) is 5.23. The van der Waals surface area contributed by atoms with Crippen molar-refractivity contribution in [3.8, 4) is 0 Å². The van der Waals surface area contributed by atoms with Crippen LogP contribution in [0.2, 0.25) is 0 Å². The van der Waals surface area contributed by atoms with Crippen molar-refractivity contribution in [1.82, 2.24) is 15.2 Å². The maximum absolute atomic E-state index is 4.46. The lowest BCUT2D eigenvalue weighted by atomic mass is 10.2. The molecule has 0 amide bonds. The largest absolute Gasteiger partial charge is 0.352 e. The highest BCUT2D eigenvalue weighted by atomic mass is 32.2. The minimum absolute atomic E-state index is 0.713. The molecule has 2 heterocycles. The highest BCUT2D eigenvalue weighted by Crippen LogP contribution is 2.25. The van der Waals surface area contributed by atoms with Crippen molar-refractivity contribution >= 4 is 17.7 Å². The monoisotopic (exact) mass is 354 g/mol. The molecule has 1 saturated heterocycles. The number of aryl methyl sites for hydroxylation is 1. The minimum Gasteiger partial charge on any atom is -0.352 e. The summed E-state index contributed by atoms with van der Waals surface area (Å²) in [6, 6.07) is 14.8. The highest BCUT2D eigenvalue weighted by Gasteiger charge is 2.24. The fourth-order valence-electron chi connectivity index (χ4n) is 3.01. The van der Waals surface area contributed by atoms with E-state index in [-0.39, 0.29) is 0 Å². The van der Waals surface area contributed by atoms with Crippen LogP contribution in [0.1, 0.15) is 17.7 Å². The van der Waals surface area contributed by atoms with Crippen LogP contribution in [0.4, 0.5) is 0 Å². The van der Waals surface area contributed by atoms with E-state index in [1.54, 1.807) is 0 Å². The molecule has 1 fully saturated rings. The number of rotatable bonds is 5. The molecule has 1 N–H and O–H groups in total. The van der Waals surface area contributed by atoms with Crippen molar-refractivity contribution in [3.63, 3.8) is 0 Å². The van der Waals surface area contributed by atoms with Crippen molar-refractivity contribution < 1.29 is 0 Å². The second kappa shape index (κ2) is 8.90. The van der Waals surface area contributed by atoms with E-state index in [0.29, 0.717) is 5.92 Å². The molecule has 1 unspecified atom stereocenters. The molecule has 1 aromatic heterocycles. The summed E-state index contributed by atoms with van der Waals surface area (Å²) in [5.74, 6) is 2.87. The molecule has 2 aromatic rings. The Hall–Kier alpha value is -2.01. The summed E-state index contributed by atoms with van der Waals surface area (Å²) in [5.41, 5.74) is 2.23. The van der Waals surface area contributed by atoms with Crippen molar-refractivity contribution in [2.45, 2.75) is 24.8 Å². The van der Waals surface area contributed by atoms with Gasteiger partial charge in [-0.25, -0.2) is 0 Å². The standard InChI is InChI=1S/C20H26N4S/c1-16-8-9-17(12-22-16)13-23-20(21-2)24-11-10-18(14-24)15-25-19-6-4-3-5-7-19/h3-9,12,18H,10-11,13-15H2,1-2H3,(H,21,23). The number of benzene rings is 1. The lowest BCUT2D eigenvalue weighted by molar-refractivity contribution is 0.474. The van der Waals surface area contributed by atoms with Gasteiger partial charge in [0.2, 0.25) is 0 Å². The smallest absolute Gasteiger partial charge is 0.193 e. The average Bonchev–Trinajstić information content (AvgIpc) is 3.12. The van der Waals surface area contributed by atoms with Crippen LogP contribution in [0.25, 0.3) is 0 Å². The SMILES string of the molecule is CN=C(NCc1ccc(C)nc1)N1CCC(CSc2ccccc2)C1. The molecule has 25 heavy (non-hydrogen) atoms. The number of aromatic nitrogens is 1. The molecule has 1 aromatic carbocycles. The molecule has 1 atom stereocenters. The number of thioether (sulfide) groups is 1. The Balaban J connectivity index is 1.47. The predicted octanol–water partition coefficient (Wildman–Crippen LogP) is 3.58. The maximum atomic E-state index is 4.46. The molecule has 0 saturated carbocycles. The van der Waals surface area contributed by atoms with Gasteiger partial charge < -0.3 is 10.2 Å². The molecular weight excluding hydrogens is 328 g/mol. The third-order valence-corrected chi connectivity index (χ3v) is 5.69. The van der Waals surface area contributed by atoms with E-state index in [1.807, 2.05) is 38.0 Å². The summed E-state index contributed by atoms with van der Waals surface area (Å²) in [7, 11) is 1.86. The first-order chi connectivity index (χ1) is 12.2. The van der Waals surface area contributed by atoms with Gasteiger partial charge in [-0.1, -0.05) is 24.3 Å². The van der Waals surface area contributed by atoms with Gasteiger partial charge in [-0.2, -0.15) is 0 Å². The Morgan fingerprint density at radius 3 is 2.84 bits per heavy atom. The van der Waals surface area contributed by atoms with Gasteiger partial charge in [-0.3, -0.25) is 9.98 Å². The number of likely N-dealkylation sites (tertiary alicyclic amines) is 1. The Morgan fingerprint density at radius 2 is 2.12 bits per heavy atom. The molecule has 4 nitrogen and oxygen atoms in total. The second-order valence-corrected chi connectivity index (χ2v) is 7.53. The summed E-state index contributed by atoms with van der Waals surface area (Å²) < 4.78 is 0. The summed E-state index contributed by atoms with van der Waals surface area (Å²) in [5, 5.41) is 3.47. The molecule has 3 rings (SSSR count). The van der Waals surface area contributed by atoms with E-state index in [0.717, 1.165) is 31.3 Å². The Labute approximate surface area is 154 Å². The second-order valence-electron chi connectivity index (χ2n) is 6.43. The lowest BCUT2D eigenvalue weighted by Gasteiger charge is -2.21. The van der Waals surface area contributed by atoms with Gasteiger partial charge in [0, 0.05) is 49.2 Å². The summed E-state index contributed by atoms with van der Waals surface area (Å²) in [6.45, 7) is 4.92. The molecule has 0 radical (unpaired) electrons. The van der Waals surface area contributed by atoms with Crippen LogP contribution in [0, 0.1) is 12.8 Å². The van der Waals surface area contributed by atoms with Gasteiger partial charge in [-0.05, 0) is 43.0 Å². The quantitative estimate of drug-likeness (QED) is 0.506. The minimum atomic E-state index is 0.713. The number of hydrogen-bond acceptors (Lipinski definition) is 3. The molecule has 1 aliphatic rings. The molecule has 0 spiro atoms. The van der Waals surface area contributed by atoms with E-state index in [9.17, 15) is 0 Å². The van der Waals surface area contributed by atoms with Crippen LogP contribution < -0.4 is 5.32 Å². The van der Waals surface area contributed by atoms with Gasteiger partial charge in [0.25, 0.3) is 0 Å². The van der Waals surface area contributed by atoms with Crippen molar-refractivity contribution in [2.75, 3.05) is 25.9 Å². The zero-order chi connectivity index (χ0) is 17.5. The molecule has 5 heteroatoms. The first kappa shape index (κ1) is 17.8. The van der Waals surface area contributed by atoms with E-state index in [2.05, 4.69) is 56.6 Å². The normalized spacial score (nSPS) is 17.8. The first-order valence-electron chi connectivity index (χ1n) is 8.79. The van der Waals surface area contributed by atoms with Gasteiger partial charge in [0.1, 0.15) is 0 Å². The first-order valence-corrected chi connectivity index (χ1v) is 9.78. The lowest BCUT2D eigenvalue weighted by Crippen LogP contribution is -2.39. The van der Waals surface area contributed by atoms with Crippen LogP contribution in [0.3, 0.4) is 0 Å². The number of nitrogens with zero attached hydrogens (tertiary/aromatic N) is 3. The van der Waals surface area contributed by atoms with Gasteiger partial charge in [-0.15, -0.1) is 11.8 Å². The summed E-state index contributed by atoms with van der Waals surface area (Å²) in [6.07, 6.45) is 3.16. The zero-order valence-corrected chi connectivity index (χ0v) is 15.8. The molecule has 0 aliphatic carbocycles. The van der Waals surface area contributed by atoms with E-state index in [1.165, 1.54) is 22.6 Å². The van der Waals surface area contributed by atoms with Crippen molar-refractivity contribution in [2.24, 2.45) is 10.9 Å². The van der Waals surface area contributed by atoms with Crippen LogP contribution >= 0.6 is 11.8 Å². The highest BCUT2D eigenvalue weighted by molar-refractivity contribution is 7.99. The molecular formula is C20H26N4S. The average molecular weight is 355 g/mol. The predicted molar refractivity (Wildman–Crippen MR) is 106 cm³/mol. The molecule has 132 valence electrons. The Kier molecular flexibility index (Phi) is 6.34. The Bertz CT molecular complexity index is 685.